The van der Waals surface area contributed by atoms with Gasteiger partial charge in [-0.2, -0.15) is 12.7 Å². The summed E-state index contributed by atoms with van der Waals surface area (Å²) in [7, 11) is 1.04. The number of benzene rings is 1. The molecule has 1 amide bonds. The number of hydrogen-bond acceptors (Lipinski definition) is 3. The van der Waals surface area contributed by atoms with Crippen molar-refractivity contribution >= 4 is 31.5 Å². The van der Waals surface area contributed by atoms with E-state index >= 15 is 0 Å². The summed E-state index contributed by atoms with van der Waals surface area (Å²) in [6, 6.07) is 7.92. The fourth-order valence-electron chi connectivity index (χ4n) is 1.02. The van der Waals surface area contributed by atoms with E-state index in [1.165, 1.54) is 12.1 Å². The standard InChI is InChI=1S/C8H8ClNO3S/c1-7(11)10(14(9,12)13)8-5-3-2-4-6-8/h2-6H,1H3. The molecule has 1 aromatic carbocycles. The second-order valence-corrected chi connectivity index (χ2v) is 4.92. The predicted octanol–water partition coefficient (Wildman–Crippen LogP) is 1.52. The van der Waals surface area contributed by atoms with Crippen molar-refractivity contribution < 1.29 is 13.2 Å². The minimum atomic E-state index is -4.06. The highest BCUT2D eigenvalue weighted by molar-refractivity contribution is 8.15. The second kappa shape index (κ2) is 3.98. The van der Waals surface area contributed by atoms with E-state index in [1.807, 2.05) is 0 Å². The lowest BCUT2D eigenvalue weighted by Gasteiger charge is -2.16. The van der Waals surface area contributed by atoms with Crippen LogP contribution in [-0.4, -0.2) is 14.3 Å². The highest BCUT2D eigenvalue weighted by Crippen LogP contribution is 2.19. The Hall–Kier alpha value is -1.07. The monoisotopic (exact) mass is 233 g/mol. The summed E-state index contributed by atoms with van der Waals surface area (Å²) in [6.45, 7) is 1.13. The number of carbonyl (C=O) groups is 1. The van der Waals surface area contributed by atoms with Gasteiger partial charge in [-0.1, -0.05) is 18.2 Å². The van der Waals surface area contributed by atoms with Crippen molar-refractivity contribution in [2.45, 2.75) is 6.92 Å². The Kier molecular flexibility index (Phi) is 3.13. The van der Waals surface area contributed by atoms with E-state index in [0.29, 0.717) is 4.31 Å². The van der Waals surface area contributed by atoms with E-state index in [4.69, 9.17) is 10.7 Å². The maximum absolute atomic E-state index is 11.1. The van der Waals surface area contributed by atoms with E-state index in [1.54, 1.807) is 18.2 Å². The lowest BCUT2D eigenvalue weighted by molar-refractivity contribution is -0.115. The Morgan fingerprint density at radius 2 is 1.79 bits per heavy atom. The van der Waals surface area contributed by atoms with Crippen LogP contribution in [0.15, 0.2) is 30.3 Å². The summed E-state index contributed by atoms with van der Waals surface area (Å²) in [5.41, 5.74) is 0.231. The van der Waals surface area contributed by atoms with Crippen LogP contribution in [0.5, 0.6) is 0 Å². The second-order valence-electron chi connectivity index (χ2n) is 2.56. The molecule has 1 aromatic rings. The molecule has 4 nitrogen and oxygen atoms in total. The van der Waals surface area contributed by atoms with Crippen LogP contribution < -0.4 is 4.31 Å². The lowest BCUT2D eigenvalue weighted by Crippen LogP contribution is -2.31. The van der Waals surface area contributed by atoms with Crippen molar-refractivity contribution in [2.75, 3.05) is 4.31 Å². The third kappa shape index (κ3) is 2.46. The molecule has 0 fully saturated rings. The van der Waals surface area contributed by atoms with Crippen LogP contribution in [0.25, 0.3) is 0 Å². The Labute approximate surface area is 86.7 Å². The summed E-state index contributed by atoms with van der Waals surface area (Å²) in [6.07, 6.45) is 0. The van der Waals surface area contributed by atoms with Crippen LogP contribution in [0, 0.1) is 0 Å². The average molecular weight is 234 g/mol. The first kappa shape index (κ1) is 11.0. The molecule has 0 radical (unpaired) electrons. The predicted molar refractivity (Wildman–Crippen MR) is 54.4 cm³/mol. The molecule has 14 heavy (non-hydrogen) atoms. The van der Waals surface area contributed by atoms with E-state index in [-0.39, 0.29) is 5.69 Å². The third-order valence-electron chi connectivity index (χ3n) is 1.49. The SMILES string of the molecule is CC(=O)N(c1ccccc1)S(=O)(=O)Cl. The third-order valence-corrected chi connectivity index (χ3v) is 2.81. The summed E-state index contributed by atoms with van der Waals surface area (Å²) in [4.78, 5) is 11.1. The normalized spacial score (nSPS) is 11.0. The Morgan fingerprint density at radius 1 is 1.29 bits per heavy atom. The van der Waals surface area contributed by atoms with Crippen LogP contribution in [0.4, 0.5) is 5.69 Å². The van der Waals surface area contributed by atoms with Gasteiger partial charge in [0, 0.05) is 17.6 Å². The van der Waals surface area contributed by atoms with Gasteiger partial charge in [0.15, 0.2) is 0 Å². The molecule has 76 valence electrons. The molecule has 0 bridgehead atoms. The molecule has 0 heterocycles. The van der Waals surface area contributed by atoms with Crippen molar-refractivity contribution in [3.8, 4) is 0 Å². The first-order chi connectivity index (χ1) is 6.43. The van der Waals surface area contributed by atoms with Crippen LogP contribution in [-0.2, 0) is 14.0 Å². The van der Waals surface area contributed by atoms with Gasteiger partial charge >= 0.3 is 9.24 Å². The quantitative estimate of drug-likeness (QED) is 0.728. The number of nitrogens with zero attached hydrogens (tertiary/aromatic N) is 1. The van der Waals surface area contributed by atoms with Crippen molar-refractivity contribution in [3.63, 3.8) is 0 Å². The lowest BCUT2D eigenvalue weighted by atomic mass is 10.3. The van der Waals surface area contributed by atoms with Crippen molar-refractivity contribution in [2.24, 2.45) is 0 Å². The zero-order chi connectivity index (χ0) is 10.8. The Bertz CT molecular complexity index is 429. The van der Waals surface area contributed by atoms with Crippen molar-refractivity contribution in [3.05, 3.63) is 30.3 Å². The maximum atomic E-state index is 11.1. The van der Waals surface area contributed by atoms with E-state index in [0.717, 1.165) is 6.92 Å². The van der Waals surface area contributed by atoms with Gasteiger partial charge in [-0.25, -0.2) is 0 Å². The van der Waals surface area contributed by atoms with Crippen LogP contribution in [0.3, 0.4) is 0 Å². The van der Waals surface area contributed by atoms with Gasteiger partial charge in [-0.3, -0.25) is 4.79 Å². The molecule has 0 saturated heterocycles. The molecule has 0 aliphatic carbocycles. The maximum Gasteiger partial charge on any atom is 0.328 e. The molecular formula is C8H8ClNO3S. The number of carbonyl (C=O) groups excluding carboxylic acids is 1. The molecule has 1 rings (SSSR count). The minimum Gasteiger partial charge on any atom is -0.274 e. The minimum absolute atomic E-state index is 0.231. The molecule has 6 heteroatoms. The van der Waals surface area contributed by atoms with Gasteiger partial charge in [0.05, 0.1) is 5.69 Å². The summed E-state index contributed by atoms with van der Waals surface area (Å²) in [5.74, 6) is -0.647. The molecule has 0 spiro atoms. The van der Waals surface area contributed by atoms with Crippen molar-refractivity contribution in [1.82, 2.24) is 0 Å². The fraction of sp³-hybridized carbons (Fsp3) is 0.125. The first-order valence-electron chi connectivity index (χ1n) is 3.73. The summed E-state index contributed by atoms with van der Waals surface area (Å²) < 4.78 is 22.6. The van der Waals surface area contributed by atoms with Gasteiger partial charge in [-0.15, -0.1) is 0 Å². The highest BCUT2D eigenvalue weighted by Gasteiger charge is 2.23. The molecular weight excluding hydrogens is 226 g/mol. The Balaban J connectivity index is 3.22. The molecule has 0 aromatic heterocycles. The molecule has 0 unspecified atom stereocenters. The number of hydrogen-bond donors (Lipinski definition) is 0. The number of para-hydroxylation sites is 1. The molecule has 0 atom stereocenters. The number of halogens is 1. The zero-order valence-corrected chi connectivity index (χ0v) is 8.92. The number of amides is 1. The smallest absolute Gasteiger partial charge is 0.274 e. The first-order valence-corrected chi connectivity index (χ1v) is 6.00. The summed E-state index contributed by atoms with van der Waals surface area (Å²) in [5, 5.41) is 0. The van der Waals surface area contributed by atoms with Crippen LogP contribution in [0.2, 0.25) is 0 Å². The topological polar surface area (TPSA) is 54.5 Å². The van der Waals surface area contributed by atoms with Crippen molar-refractivity contribution in [1.29, 1.82) is 0 Å². The van der Waals surface area contributed by atoms with Gasteiger partial charge in [0.25, 0.3) is 0 Å². The van der Waals surface area contributed by atoms with Gasteiger partial charge in [-0.05, 0) is 12.1 Å². The highest BCUT2D eigenvalue weighted by atomic mass is 35.7. The largest absolute Gasteiger partial charge is 0.328 e. The van der Waals surface area contributed by atoms with E-state index in [9.17, 15) is 13.2 Å². The van der Waals surface area contributed by atoms with Crippen LogP contribution in [0.1, 0.15) is 6.92 Å². The van der Waals surface area contributed by atoms with Crippen LogP contribution >= 0.6 is 10.7 Å². The fourth-order valence-corrected chi connectivity index (χ4v) is 2.24. The van der Waals surface area contributed by atoms with Gasteiger partial charge < -0.3 is 0 Å². The average Bonchev–Trinajstić information content (AvgIpc) is 2.02. The van der Waals surface area contributed by atoms with Gasteiger partial charge in [0.1, 0.15) is 0 Å². The molecule has 0 aliphatic rings. The van der Waals surface area contributed by atoms with E-state index in [2.05, 4.69) is 0 Å². The van der Waals surface area contributed by atoms with E-state index < -0.39 is 15.1 Å². The summed E-state index contributed by atoms with van der Waals surface area (Å²) >= 11 is 0. The Morgan fingerprint density at radius 3 is 2.14 bits per heavy atom. The number of anilines is 1. The van der Waals surface area contributed by atoms with Gasteiger partial charge in [0.2, 0.25) is 5.91 Å². The zero-order valence-electron chi connectivity index (χ0n) is 7.34. The molecule has 0 aliphatic heterocycles. The molecule has 0 saturated carbocycles. The number of rotatable bonds is 2. The molecule has 0 N–H and O–H groups in total.